The Morgan fingerprint density at radius 2 is 1.91 bits per heavy atom. The highest BCUT2D eigenvalue weighted by Gasteiger charge is 2.48. The number of hydrogen-bond acceptors (Lipinski definition) is 5. The Hall–Kier alpha value is -1.50. The molecule has 0 radical (unpaired) electrons. The summed E-state index contributed by atoms with van der Waals surface area (Å²) in [6.07, 6.45) is 5.54. The number of hydrogen-bond donors (Lipinski definition) is 0. The molecule has 23 heavy (non-hydrogen) atoms. The van der Waals surface area contributed by atoms with E-state index in [0.717, 1.165) is 52.3 Å². The summed E-state index contributed by atoms with van der Waals surface area (Å²) < 4.78 is 11.6. The van der Waals surface area contributed by atoms with Gasteiger partial charge < -0.3 is 14.4 Å². The Labute approximate surface area is 136 Å². The van der Waals surface area contributed by atoms with E-state index in [9.17, 15) is 4.79 Å². The van der Waals surface area contributed by atoms with Crippen molar-refractivity contribution >= 4 is 5.91 Å². The molecular formula is C17H23N3O3. The molecule has 0 bridgehead atoms. The minimum Gasteiger partial charge on any atom is -0.379 e. The minimum atomic E-state index is 0.101. The Bertz CT molecular complexity index is 547. The number of rotatable bonds is 2. The summed E-state index contributed by atoms with van der Waals surface area (Å²) in [5.41, 5.74) is 0.715. The fraction of sp³-hybridized carbons (Fsp3) is 0.647. The largest absolute Gasteiger partial charge is 0.379 e. The van der Waals surface area contributed by atoms with Crippen LogP contribution in [0.2, 0.25) is 0 Å². The zero-order valence-corrected chi connectivity index (χ0v) is 13.3. The predicted molar refractivity (Wildman–Crippen MR) is 84.2 cm³/mol. The van der Waals surface area contributed by atoms with Crippen LogP contribution in [0.3, 0.4) is 0 Å². The molecule has 6 nitrogen and oxygen atoms in total. The number of morpholine rings is 1. The van der Waals surface area contributed by atoms with Gasteiger partial charge in [0.05, 0.1) is 31.4 Å². The molecule has 0 unspecified atom stereocenters. The maximum atomic E-state index is 12.9. The minimum absolute atomic E-state index is 0.101. The Balaban J connectivity index is 1.56. The lowest BCUT2D eigenvalue weighted by Gasteiger charge is -2.37. The number of nitrogens with zero attached hydrogens (tertiary/aromatic N) is 3. The van der Waals surface area contributed by atoms with Gasteiger partial charge in [-0.2, -0.15) is 0 Å². The monoisotopic (exact) mass is 317 g/mol. The highest BCUT2D eigenvalue weighted by Crippen LogP contribution is 2.33. The van der Waals surface area contributed by atoms with Crippen LogP contribution >= 0.6 is 0 Å². The first-order valence-corrected chi connectivity index (χ1v) is 8.49. The number of pyridine rings is 1. The summed E-state index contributed by atoms with van der Waals surface area (Å²) in [5.74, 6) is 0.101. The average molecular weight is 317 g/mol. The van der Waals surface area contributed by atoms with E-state index in [1.54, 1.807) is 24.5 Å². The molecule has 0 aromatic carbocycles. The van der Waals surface area contributed by atoms with Gasteiger partial charge >= 0.3 is 0 Å². The molecule has 1 aromatic heterocycles. The second-order valence-corrected chi connectivity index (χ2v) is 6.45. The quantitative estimate of drug-likeness (QED) is 0.807. The van der Waals surface area contributed by atoms with Gasteiger partial charge in [-0.25, -0.2) is 0 Å². The molecule has 0 saturated carbocycles. The van der Waals surface area contributed by atoms with Gasteiger partial charge in [-0.3, -0.25) is 14.7 Å². The van der Waals surface area contributed by atoms with E-state index in [1.807, 2.05) is 4.90 Å². The van der Waals surface area contributed by atoms with Crippen molar-refractivity contribution in [2.45, 2.75) is 31.0 Å². The first-order chi connectivity index (χ1) is 11.3. The summed E-state index contributed by atoms with van der Waals surface area (Å²) in [6, 6.07) is 4.07. The topological polar surface area (TPSA) is 54.9 Å². The zero-order chi connectivity index (χ0) is 15.6. The van der Waals surface area contributed by atoms with Gasteiger partial charge in [0.15, 0.2) is 0 Å². The Morgan fingerprint density at radius 1 is 1.13 bits per heavy atom. The van der Waals surface area contributed by atoms with Crippen LogP contribution in [0.1, 0.15) is 23.2 Å². The van der Waals surface area contributed by atoms with Crippen LogP contribution in [-0.2, 0) is 9.47 Å². The van der Waals surface area contributed by atoms with Gasteiger partial charge in [0, 0.05) is 44.2 Å². The molecule has 0 N–H and O–H groups in total. The van der Waals surface area contributed by atoms with Crippen molar-refractivity contribution in [3.05, 3.63) is 30.1 Å². The molecule has 3 atom stereocenters. The number of amides is 1. The van der Waals surface area contributed by atoms with E-state index >= 15 is 0 Å². The molecule has 3 fully saturated rings. The summed E-state index contributed by atoms with van der Waals surface area (Å²) in [7, 11) is 0. The molecule has 0 spiro atoms. The van der Waals surface area contributed by atoms with Crippen molar-refractivity contribution in [3.8, 4) is 0 Å². The van der Waals surface area contributed by atoms with Crippen LogP contribution in [0.15, 0.2) is 24.5 Å². The number of likely N-dealkylation sites (tertiary alicyclic amines) is 1. The van der Waals surface area contributed by atoms with Crippen LogP contribution in [-0.4, -0.2) is 78.3 Å². The van der Waals surface area contributed by atoms with Gasteiger partial charge in [-0.1, -0.05) is 0 Å². The third-order valence-corrected chi connectivity index (χ3v) is 5.20. The molecule has 3 aliphatic rings. The van der Waals surface area contributed by atoms with Crippen LogP contribution < -0.4 is 0 Å². The highest BCUT2D eigenvalue weighted by molar-refractivity contribution is 5.94. The Morgan fingerprint density at radius 3 is 2.70 bits per heavy atom. The first-order valence-electron chi connectivity index (χ1n) is 8.49. The Kier molecular flexibility index (Phi) is 4.29. The van der Waals surface area contributed by atoms with Crippen molar-refractivity contribution in [1.29, 1.82) is 0 Å². The van der Waals surface area contributed by atoms with Gasteiger partial charge in [0.2, 0.25) is 0 Å². The molecule has 6 heteroatoms. The van der Waals surface area contributed by atoms with Crippen LogP contribution in [0.4, 0.5) is 0 Å². The fourth-order valence-corrected chi connectivity index (χ4v) is 4.05. The number of carbonyl (C=O) groups is 1. The number of aromatic nitrogens is 1. The maximum absolute atomic E-state index is 12.9. The van der Waals surface area contributed by atoms with Crippen LogP contribution in [0.25, 0.3) is 0 Å². The van der Waals surface area contributed by atoms with E-state index in [1.165, 1.54) is 0 Å². The normalized spacial score (nSPS) is 31.8. The van der Waals surface area contributed by atoms with Crippen molar-refractivity contribution < 1.29 is 14.3 Å². The average Bonchev–Trinajstić information content (AvgIpc) is 3.02. The smallest absolute Gasteiger partial charge is 0.254 e. The summed E-state index contributed by atoms with van der Waals surface area (Å²) in [6.45, 7) is 4.94. The third-order valence-electron chi connectivity index (χ3n) is 5.20. The van der Waals surface area contributed by atoms with Crippen molar-refractivity contribution in [3.63, 3.8) is 0 Å². The van der Waals surface area contributed by atoms with Gasteiger partial charge in [0.1, 0.15) is 0 Å². The first kappa shape index (κ1) is 15.1. The van der Waals surface area contributed by atoms with Gasteiger partial charge in [-0.05, 0) is 25.0 Å². The number of ether oxygens (including phenoxy) is 2. The van der Waals surface area contributed by atoms with Gasteiger partial charge in [-0.15, -0.1) is 0 Å². The lowest BCUT2D eigenvalue weighted by atomic mass is 9.99. The molecular weight excluding hydrogens is 294 g/mol. The summed E-state index contributed by atoms with van der Waals surface area (Å²) in [4.78, 5) is 21.4. The standard InChI is InChI=1S/C17H23N3O3/c21-17(13-3-5-18-6-4-13)20-12-15(19-7-10-22-11-8-19)16-14(20)2-1-9-23-16/h3-6,14-16H,1-2,7-12H2/t14-,15-,16+/m0/s1. The van der Waals surface area contributed by atoms with Crippen molar-refractivity contribution in [1.82, 2.24) is 14.8 Å². The molecule has 3 aliphatic heterocycles. The molecule has 1 amide bonds. The summed E-state index contributed by atoms with van der Waals surface area (Å²) in [5, 5.41) is 0. The molecule has 4 heterocycles. The van der Waals surface area contributed by atoms with Crippen LogP contribution in [0.5, 0.6) is 0 Å². The summed E-state index contributed by atoms with van der Waals surface area (Å²) >= 11 is 0. The van der Waals surface area contributed by atoms with E-state index in [0.29, 0.717) is 5.56 Å². The predicted octanol–water partition coefficient (Wildman–Crippen LogP) is 0.786. The van der Waals surface area contributed by atoms with Crippen LogP contribution in [0, 0.1) is 0 Å². The maximum Gasteiger partial charge on any atom is 0.254 e. The second-order valence-electron chi connectivity index (χ2n) is 6.45. The van der Waals surface area contributed by atoms with E-state index in [2.05, 4.69) is 9.88 Å². The highest BCUT2D eigenvalue weighted by atomic mass is 16.5. The SMILES string of the molecule is O=C(c1ccncc1)N1C[C@H](N2CCOCC2)[C@@H]2OCCC[C@@H]21. The molecule has 4 rings (SSSR count). The van der Waals surface area contributed by atoms with E-state index in [4.69, 9.17) is 9.47 Å². The van der Waals surface area contributed by atoms with Crippen molar-refractivity contribution in [2.75, 3.05) is 39.5 Å². The zero-order valence-electron chi connectivity index (χ0n) is 13.3. The molecule has 0 aliphatic carbocycles. The third kappa shape index (κ3) is 2.86. The fourth-order valence-electron chi connectivity index (χ4n) is 4.05. The van der Waals surface area contributed by atoms with E-state index in [-0.39, 0.29) is 24.1 Å². The molecule has 1 aromatic rings. The van der Waals surface area contributed by atoms with Crippen molar-refractivity contribution in [2.24, 2.45) is 0 Å². The number of fused-ring (bicyclic) bond motifs is 1. The lowest BCUT2D eigenvalue weighted by Crippen LogP contribution is -2.51. The second kappa shape index (κ2) is 6.55. The number of carbonyl (C=O) groups excluding carboxylic acids is 1. The molecule has 3 saturated heterocycles. The molecule has 124 valence electrons. The van der Waals surface area contributed by atoms with E-state index < -0.39 is 0 Å². The van der Waals surface area contributed by atoms with Gasteiger partial charge in [0.25, 0.3) is 5.91 Å². The lowest BCUT2D eigenvalue weighted by molar-refractivity contribution is -0.0578.